The van der Waals surface area contributed by atoms with Crippen LogP contribution in [0.25, 0.3) is 11.0 Å². The monoisotopic (exact) mass is 257 g/mol. The molecule has 1 saturated carbocycles. The smallest absolute Gasteiger partial charge is 0.134 e. The third kappa shape index (κ3) is 2.55. The molecule has 1 aromatic carbocycles. The maximum atomic E-state index is 6.07. The van der Waals surface area contributed by atoms with E-state index in [9.17, 15) is 0 Å². The molecule has 0 aliphatic heterocycles. The lowest BCUT2D eigenvalue weighted by Gasteiger charge is -2.02. The molecule has 19 heavy (non-hydrogen) atoms. The van der Waals surface area contributed by atoms with Crippen molar-refractivity contribution in [1.82, 2.24) is 5.32 Å². The highest BCUT2D eigenvalue weighted by atomic mass is 16.3. The Hall–Kier alpha value is -1.28. The van der Waals surface area contributed by atoms with Gasteiger partial charge in [-0.15, -0.1) is 0 Å². The molecule has 0 saturated heterocycles. The largest absolute Gasteiger partial charge is 0.459 e. The first kappa shape index (κ1) is 12.7. The predicted molar refractivity (Wildman–Crippen MR) is 79.6 cm³/mol. The van der Waals surface area contributed by atoms with Gasteiger partial charge in [0, 0.05) is 10.9 Å². The van der Waals surface area contributed by atoms with Gasteiger partial charge in [0.15, 0.2) is 0 Å². The van der Waals surface area contributed by atoms with Gasteiger partial charge in [-0.3, -0.25) is 0 Å². The van der Waals surface area contributed by atoms with Gasteiger partial charge in [0.1, 0.15) is 11.3 Å². The molecule has 0 bridgehead atoms. The zero-order valence-electron chi connectivity index (χ0n) is 12.0. The van der Waals surface area contributed by atoms with Gasteiger partial charge in [0.05, 0.1) is 6.54 Å². The number of fused-ring (bicyclic) bond motifs is 1. The fraction of sp³-hybridized carbons (Fsp3) is 0.529. The quantitative estimate of drug-likeness (QED) is 0.831. The van der Waals surface area contributed by atoms with E-state index in [-0.39, 0.29) is 0 Å². The van der Waals surface area contributed by atoms with Crippen LogP contribution < -0.4 is 5.32 Å². The first-order valence-corrected chi connectivity index (χ1v) is 7.58. The molecular weight excluding hydrogens is 234 g/mol. The molecule has 3 rings (SSSR count). The number of hydrogen-bond donors (Lipinski definition) is 1. The van der Waals surface area contributed by atoms with Gasteiger partial charge >= 0.3 is 0 Å². The molecule has 0 unspecified atom stereocenters. The molecule has 102 valence electrons. The molecule has 1 aliphatic rings. The van der Waals surface area contributed by atoms with E-state index in [4.69, 9.17) is 4.42 Å². The summed E-state index contributed by atoms with van der Waals surface area (Å²) in [6.45, 7) is 6.22. The second-order valence-corrected chi connectivity index (χ2v) is 5.57. The number of furan rings is 1. The van der Waals surface area contributed by atoms with E-state index < -0.39 is 0 Å². The van der Waals surface area contributed by atoms with Gasteiger partial charge in [0.2, 0.25) is 0 Å². The molecule has 2 heteroatoms. The third-order valence-electron chi connectivity index (χ3n) is 3.93. The van der Waals surface area contributed by atoms with Crippen LogP contribution in [0.15, 0.2) is 22.6 Å². The van der Waals surface area contributed by atoms with Crippen LogP contribution in [0.5, 0.6) is 0 Å². The summed E-state index contributed by atoms with van der Waals surface area (Å²) in [4.78, 5) is 0. The van der Waals surface area contributed by atoms with Crippen LogP contribution in [-0.4, -0.2) is 6.54 Å². The molecule has 0 amide bonds. The maximum absolute atomic E-state index is 6.07. The van der Waals surface area contributed by atoms with Crippen molar-refractivity contribution in [2.75, 3.05) is 6.54 Å². The summed E-state index contributed by atoms with van der Waals surface area (Å²) in [6.07, 6.45) is 5.01. The summed E-state index contributed by atoms with van der Waals surface area (Å²) in [5.74, 6) is 1.90. The summed E-state index contributed by atoms with van der Waals surface area (Å²) in [7, 11) is 0. The average molecular weight is 257 g/mol. The Balaban J connectivity index is 2.03. The second-order valence-electron chi connectivity index (χ2n) is 5.57. The van der Waals surface area contributed by atoms with Crippen LogP contribution in [0.2, 0.25) is 0 Å². The summed E-state index contributed by atoms with van der Waals surface area (Å²) in [6, 6.07) is 6.72. The average Bonchev–Trinajstić information content (AvgIpc) is 3.18. The highest BCUT2D eigenvalue weighted by Gasteiger charge is 2.30. The van der Waals surface area contributed by atoms with E-state index in [2.05, 4.69) is 37.4 Å². The summed E-state index contributed by atoms with van der Waals surface area (Å²) < 4.78 is 6.07. The minimum absolute atomic E-state index is 0.742. The molecule has 0 atom stereocenters. The van der Waals surface area contributed by atoms with Crippen molar-refractivity contribution in [1.29, 1.82) is 0 Å². The first-order chi connectivity index (χ1) is 9.33. The molecule has 2 nitrogen and oxygen atoms in total. The summed E-state index contributed by atoms with van der Waals surface area (Å²) >= 11 is 0. The molecule has 1 fully saturated rings. The van der Waals surface area contributed by atoms with E-state index in [0.29, 0.717) is 0 Å². The minimum Gasteiger partial charge on any atom is -0.459 e. The lowest BCUT2D eigenvalue weighted by molar-refractivity contribution is 0.513. The Morgan fingerprint density at radius 1 is 1.26 bits per heavy atom. The standard InChI is InChI=1S/C17H23NO/c1-3-5-12-6-9-15-14(10-12)17(13-7-8-13)16(19-15)11-18-4-2/h6,9-10,13,18H,3-5,7-8,11H2,1-2H3. The van der Waals surface area contributed by atoms with Gasteiger partial charge in [-0.2, -0.15) is 0 Å². The van der Waals surface area contributed by atoms with E-state index in [1.54, 1.807) is 0 Å². The zero-order chi connectivity index (χ0) is 13.2. The Morgan fingerprint density at radius 2 is 2.11 bits per heavy atom. The number of aryl methyl sites for hydroxylation is 1. The lowest BCUT2D eigenvalue weighted by atomic mass is 10.0. The summed E-state index contributed by atoms with van der Waals surface area (Å²) in [5.41, 5.74) is 3.98. The normalized spacial score (nSPS) is 15.3. The molecule has 0 spiro atoms. The number of benzene rings is 1. The first-order valence-electron chi connectivity index (χ1n) is 7.58. The van der Waals surface area contributed by atoms with Crippen LogP contribution in [0.3, 0.4) is 0 Å². The van der Waals surface area contributed by atoms with Crippen molar-refractivity contribution >= 4 is 11.0 Å². The Labute approximate surface area is 115 Å². The van der Waals surface area contributed by atoms with Gasteiger partial charge in [-0.1, -0.05) is 26.3 Å². The van der Waals surface area contributed by atoms with Crippen LogP contribution in [-0.2, 0) is 13.0 Å². The Bertz CT molecular complexity index is 566. The van der Waals surface area contributed by atoms with E-state index >= 15 is 0 Å². The summed E-state index contributed by atoms with van der Waals surface area (Å²) in [5, 5.41) is 4.76. The predicted octanol–water partition coefficient (Wildman–Crippen LogP) is 4.37. The fourth-order valence-electron chi connectivity index (χ4n) is 2.85. The van der Waals surface area contributed by atoms with Crippen molar-refractivity contribution < 1.29 is 4.42 Å². The molecule has 1 aromatic heterocycles. The van der Waals surface area contributed by atoms with Gasteiger partial charge in [0.25, 0.3) is 0 Å². The van der Waals surface area contributed by atoms with Crippen LogP contribution in [0, 0.1) is 0 Å². The number of rotatable bonds is 6. The van der Waals surface area contributed by atoms with Crippen LogP contribution in [0.1, 0.15) is 55.9 Å². The van der Waals surface area contributed by atoms with Crippen LogP contribution in [0.4, 0.5) is 0 Å². The van der Waals surface area contributed by atoms with Gasteiger partial charge in [-0.25, -0.2) is 0 Å². The molecular formula is C17H23NO. The minimum atomic E-state index is 0.742. The highest BCUT2D eigenvalue weighted by molar-refractivity contribution is 5.84. The molecule has 2 aromatic rings. The van der Waals surface area contributed by atoms with Crippen LogP contribution >= 0.6 is 0 Å². The van der Waals surface area contributed by atoms with E-state index in [0.717, 1.165) is 36.8 Å². The SMILES string of the molecule is CCCc1ccc2oc(CNCC)c(C3CC3)c2c1. The fourth-order valence-corrected chi connectivity index (χ4v) is 2.85. The van der Waals surface area contributed by atoms with Gasteiger partial charge < -0.3 is 9.73 Å². The molecule has 1 aliphatic carbocycles. The molecule has 0 radical (unpaired) electrons. The van der Waals surface area contributed by atoms with Crippen molar-refractivity contribution in [2.24, 2.45) is 0 Å². The van der Waals surface area contributed by atoms with Crippen molar-refractivity contribution in [3.05, 3.63) is 35.1 Å². The Kier molecular flexibility index (Phi) is 3.61. The number of nitrogens with one attached hydrogen (secondary N) is 1. The molecule has 1 heterocycles. The highest BCUT2D eigenvalue weighted by Crippen LogP contribution is 2.46. The second kappa shape index (κ2) is 5.38. The van der Waals surface area contributed by atoms with Crippen molar-refractivity contribution in [3.8, 4) is 0 Å². The van der Waals surface area contributed by atoms with Gasteiger partial charge in [-0.05, 0) is 49.4 Å². The van der Waals surface area contributed by atoms with Crippen molar-refractivity contribution in [3.63, 3.8) is 0 Å². The van der Waals surface area contributed by atoms with E-state index in [1.807, 2.05) is 0 Å². The van der Waals surface area contributed by atoms with Crippen molar-refractivity contribution in [2.45, 2.75) is 52.0 Å². The number of hydrogen-bond acceptors (Lipinski definition) is 2. The Morgan fingerprint density at radius 3 is 2.79 bits per heavy atom. The van der Waals surface area contributed by atoms with E-state index in [1.165, 1.54) is 35.8 Å². The molecule has 1 N–H and O–H groups in total. The maximum Gasteiger partial charge on any atom is 0.134 e. The zero-order valence-corrected chi connectivity index (χ0v) is 12.0. The lowest BCUT2D eigenvalue weighted by Crippen LogP contribution is -2.12. The third-order valence-corrected chi connectivity index (χ3v) is 3.93. The topological polar surface area (TPSA) is 25.2 Å².